The van der Waals surface area contributed by atoms with Gasteiger partial charge in [0.2, 0.25) is 11.8 Å². The zero-order valence-corrected chi connectivity index (χ0v) is 11.6. The fraction of sp³-hybridized carbons (Fsp3) is 0.692. The fourth-order valence-corrected chi connectivity index (χ4v) is 3.66. The topological polar surface area (TPSA) is 98.2 Å². The third-order valence-corrected chi connectivity index (χ3v) is 4.52. The SMILES string of the molecule is Cc1nc(N)nc(N2CCC3CCCCC32)c1[N+](=O)[O-]. The summed E-state index contributed by atoms with van der Waals surface area (Å²) in [6.07, 6.45) is 5.84. The highest BCUT2D eigenvalue weighted by molar-refractivity contribution is 5.63. The van der Waals surface area contributed by atoms with Gasteiger partial charge in [-0.15, -0.1) is 0 Å². The number of nitro groups is 1. The molecule has 2 unspecified atom stereocenters. The largest absolute Gasteiger partial charge is 0.368 e. The molecule has 7 nitrogen and oxygen atoms in total. The van der Waals surface area contributed by atoms with Crippen LogP contribution in [0.25, 0.3) is 0 Å². The smallest absolute Gasteiger partial charge is 0.332 e. The molecular formula is C13H19N5O2. The van der Waals surface area contributed by atoms with Gasteiger partial charge in [-0.2, -0.15) is 4.98 Å². The average molecular weight is 277 g/mol. The molecule has 2 atom stereocenters. The van der Waals surface area contributed by atoms with Gasteiger partial charge in [0.05, 0.1) is 4.92 Å². The van der Waals surface area contributed by atoms with Crippen LogP contribution in [0, 0.1) is 23.0 Å². The van der Waals surface area contributed by atoms with Gasteiger partial charge in [0, 0.05) is 12.6 Å². The van der Waals surface area contributed by atoms with E-state index in [4.69, 9.17) is 5.73 Å². The van der Waals surface area contributed by atoms with E-state index in [1.54, 1.807) is 6.92 Å². The van der Waals surface area contributed by atoms with Crippen molar-refractivity contribution in [1.29, 1.82) is 0 Å². The van der Waals surface area contributed by atoms with Gasteiger partial charge in [-0.1, -0.05) is 12.8 Å². The minimum Gasteiger partial charge on any atom is -0.368 e. The first-order valence-electron chi connectivity index (χ1n) is 7.13. The number of anilines is 2. The van der Waals surface area contributed by atoms with Gasteiger partial charge in [0.15, 0.2) is 0 Å². The summed E-state index contributed by atoms with van der Waals surface area (Å²) < 4.78 is 0. The van der Waals surface area contributed by atoms with Crippen LogP contribution in [0.3, 0.4) is 0 Å². The van der Waals surface area contributed by atoms with Crippen LogP contribution in [-0.4, -0.2) is 27.5 Å². The van der Waals surface area contributed by atoms with Gasteiger partial charge in [-0.3, -0.25) is 10.1 Å². The molecule has 2 fully saturated rings. The maximum Gasteiger partial charge on any atom is 0.332 e. The van der Waals surface area contributed by atoms with Crippen molar-refractivity contribution in [2.24, 2.45) is 5.92 Å². The van der Waals surface area contributed by atoms with Gasteiger partial charge in [0.1, 0.15) is 5.69 Å². The lowest BCUT2D eigenvalue weighted by Crippen LogP contribution is -2.36. The molecule has 0 bridgehead atoms. The Bertz CT molecular complexity index is 548. The van der Waals surface area contributed by atoms with Gasteiger partial charge in [-0.05, 0) is 32.1 Å². The number of nitrogen functional groups attached to an aromatic ring is 1. The lowest BCUT2D eigenvalue weighted by atomic mass is 9.85. The first-order valence-corrected chi connectivity index (χ1v) is 7.13. The van der Waals surface area contributed by atoms with E-state index in [0.29, 0.717) is 23.5 Å². The summed E-state index contributed by atoms with van der Waals surface area (Å²) in [5.41, 5.74) is 6.04. The number of aromatic nitrogens is 2. The summed E-state index contributed by atoms with van der Waals surface area (Å²) in [5, 5.41) is 11.3. The molecule has 1 aliphatic carbocycles. The Labute approximate surface area is 117 Å². The number of fused-ring (bicyclic) bond motifs is 1. The van der Waals surface area contributed by atoms with Crippen molar-refractivity contribution in [3.8, 4) is 0 Å². The van der Waals surface area contributed by atoms with Crippen molar-refractivity contribution < 1.29 is 4.92 Å². The zero-order chi connectivity index (χ0) is 14.3. The number of nitrogens with two attached hydrogens (primary N) is 1. The Morgan fingerprint density at radius 3 is 2.80 bits per heavy atom. The predicted molar refractivity (Wildman–Crippen MR) is 75.5 cm³/mol. The highest BCUT2D eigenvalue weighted by Gasteiger charge is 2.39. The fourth-order valence-electron chi connectivity index (χ4n) is 3.66. The standard InChI is InChI=1S/C13H19N5O2/c1-8-11(18(19)20)12(16-13(14)15-8)17-7-6-9-4-2-3-5-10(9)17/h9-10H,2-7H2,1H3,(H2,14,15,16). The van der Waals surface area contributed by atoms with E-state index in [0.717, 1.165) is 19.4 Å². The lowest BCUT2D eigenvalue weighted by Gasteiger charge is -2.32. The molecule has 2 N–H and O–H groups in total. The maximum absolute atomic E-state index is 11.3. The van der Waals surface area contributed by atoms with Crippen molar-refractivity contribution in [2.75, 3.05) is 17.2 Å². The molecule has 2 aliphatic rings. The second kappa shape index (κ2) is 4.88. The van der Waals surface area contributed by atoms with E-state index in [1.165, 1.54) is 19.3 Å². The number of rotatable bonds is 2. The van der Waals surface area contributed by atoms with Crippen molar-refractivity contribution >= 4 is 17.5 Å². The van der Waals surface area contributed by atoms with E-state index in [9.17, 15) is 10.1 Å². The molecule has 1 aromatic rings. The van der Waals surface area contributed by atoms with E-state index in [-0.39, 0.29) is 16.6 Å². The van der Waals surface area contributed by atoms with Crippen LogP contribution >= 0.6 is 0 Å². The first-order chi connectivity index (χ1) is 9.58. The molecule has 3 rings (SSSR count). The molecular weight excluding hydrogens is 258 g/mol. The third kappa shape index (κ3) is 2.07. The molecule has 0 radical (unpaired) electrons. The summed E-state index contributed by atoms with van der Waals surface area (Å²) in [4.78, 5) is 21.1. The van der Waals surface area contributed by atoms with Gasteiger partial charge >= 0.3 is 5.69 Å². The van der Waals surface area contributed by atoms with Crippen LogP contribution < -0.4 is 10.6 Å². The lowest BCUT2D eigenvalue weighted by molar-refractivity contribution is -0.385. The monoisotopic (exact) mass is 277 g/mol. The highest BCUT2D eigenvalue weighted by Crippen LogP contribution is 2.41. The molecule has 1 aliphatic heterocycles. The van der Waals surface area contributed by atoms with Crippen LogP contribution in [0.15, 0.2) is 0 Å². The van der Waals surface area contributed by atoms with Gasteiger partial charge in [-0.25, -0.2) is 4.98 Å². The molecule has 7 heteroatoms. The molecule has 20 heavy (non-hydrogen) atoms. The molecule has 0 aromatic carbocycles. The summed E-state index contributed by atoms with van der Waals surface area (Å²) >= 11 is 0. The van der Waals surface area contributed by atoms with Crippen molar-refractivity contribution in [3.05, 3.63) is 15.8 Å². The van der Waals surface area contributed by atoms with Gasteiger partial charge in [0.25, 0.3) is 0 Å². The maximum atomic E-state index is 11.3. The van der Waals surface area contributed by atoms with E-state index < -0.39 is 0 Å². The number of nitrogens with zero attached hydrogens (tertiary/aromatic N) is 4. The molecule has 1 aromatic heterocycles. The van der Waals surface area contributed by atoms with Crippen LogP contribution in [-0.2, 0) is 0 Å². The molecule has 0 spiro atoms. The van der Waals surface area contributed by atoms with Crippen LogP contribution in [0.2, 0.25) is 0 Å². The number of hydrogen-bond acceptors (Lipinski definition) is 6. The summed E-state index contributed by atoms with van der Waals surface area (Å²) in [7, 11) is 0. The van der Waals surface area contributed by atoms with Crippen molar-refractivity contribution in [2.45, 2.75) is 45.1 Å². The van der Waals surface area contributed by atoms with Crippen LogP contribution in [0.1, 0.15) is 37.8 Å². The highest BCUT2D eigenvalue weighted by atomic mass is 16.6. The average Bonchev–Trinajstić information content (AvgIpc) is 2.80. The minimum absolute atomic E-state index is 0.00502. The van der Waals surface area contributed by atoms with Crippen LogP contribution in [0.5, 0.6) is 0 Å². The van der Waals surface area contributed by atoms with E-state index >= 15 is 0 Å². The first kappa shape index (κ1) is 13.1. The second-order valence-electron chi connectivity index (χ2n) is 5.69. The van der Waals surface area contributed by atoms with Crippen LogP contribution in [0.4, 0.5) is 17.5 Å². The number of hydrogen-bond donors (Lipinski definition) is 1. The van der Waals surface area contributed by atoms with Crippen molar-refractivity contribution in [1.82, 2.24) is 9.97 Å². The van der Waals surface area contributed by atoms with Crippen molar-refractivity contribution in [3.63, 3.8) is 0 Å². The Kier molecular flexibility index (Phi) is 3.19. The third-order valence-electron chi connectivity index (χ3n) is 4.52. The molecule has 108 valence electrons. The Morgan fingerprint density at radius 2 is 2.05 bits per heavy atom. The molecule has 1 saturated carbocycles. The Balaban J connectivity index is 2.03. The number of aryl methyl sites for hydroxylation is 1. The molecule has 0 amide bonds. The van der Waals surface area contributed by atoms with Gasteiger partial charge < -0.3 is 10.6 Å². The van der Waals surface area contributed by atoms with E-state index in [2.05, 4.69) is 14.9 Å². The normalized spacial score (nSPS) is 25.6. The zero-order valence-electron chi connectivity index (χ0n) is 11.6. The summed E-state index contributed by atoms with van der Waals surface area (Å²) in [6.45, 7) is 2.44. The quantitative estimate of drug-likeness (QED) is 0.656. The molecule has 2 heterocycles. The minimum atomic E-state index is -0.389. The Hall–Kier alpha value is -1.92. The molecule has 1 saturated heterocycles. The summed E-state index contributed by atoms with van der Waals surface area (Å²) in [5.74, 6) is 1.16. The second-order valence-corrected chi connectivity index (χ2v) is 5.69. The Morgan fingerprint density at radius 1 is 1.30 bits per heavy atom. The summed E-state index contributed by atoms with van der Waals surface area (Å²) in [6, 6.07) is 0.371. The predicted octanol–water partition coefficient (Wildman–Crippen LogP) is 2.04. The van der Waals surface area contributed by atoms with E-state index in [1.807, 2.05) is 0 Å².